The molecule has 0 aromatic heterocycles. The highest BCUT2D eigenvalue weighted by atomic mass is 19.4. The van der Waals surface area contributed by atoms with Gasteiger partial charge in [-0.25, -0.2) is 0 Å². The second-order valence-electron chi connectivity index (χ2n) is 12.4. The minimum absolute atomic E-state index is 0.310. The van der Waals surface area contributed by atoms with Crippen LogP contribution in [-0.4, -0.2) is 48.4 Å². The Hall–Kier alpha value is -1.44. The van der Waals surface area contributed by atoms with Crippen LogP contribution in [0.5, 0.6) is 0 Å². The van der Waals surface area contributed by atoms with Crippen molar-refractivity contribution in [3.05, 3.63) is 0 Å². The molecule has 0 aliphatic rings. The average molecular weight is 617 g/mol. The lowest BCUT2D eigenvalue weighted by Crippen LogP contribution is -2.70. The van der Waals surface area contributed by atoms with E-state index in [0.29, 0.717) is 19.3 Å². The second kappa shape index (κ2) is 11.7. The molecule has 15 heteroatoms. The molecule has 0 heterocycles. The molecule has 2 nitrogen and oxygen atoms in total. The van der Waals surface area contributed by atoms with Gasteiger partial charge in [-0.15, -0.1) is 0 Å². The van der Waals surface area contributed by atoms with Crippen LogP contribution >= 0.6 is 0 Å². The van der Waals surface area contributed by atoms with Crippen LogP contribution in [0.4, 0.5) is 57.1 Å². The van der Waals surface area contributed by atoms with Crippen LogP contribution in [0.2, 0.25) is 0 Å². The van der Waals surface area contributed by atoms with Gasteiger partial charge in [-0.05, 0) is 29.1 Å². The van der Waals surface area contributed by atoms with Crippen molar-refractivity contribution in [2.24, 2.45) is 22.2 Å². The molecule has 0 spiro atoms. The number of rotatable bonds is 15. The summed E-state index contributed by atoms with van der Waals surface area (Å²) in [4.78, 5) is 12.9. The Morgan fingerprint density at radius 3 is 1.40 bits per heavy atom. The van der Waals surface area contributed by atoms with Gasteiger partial charge in [0.2, 0.25) is 0 Å². The van der Waals surface area contributed by atoms with Crippen molar-refractivity contribution in [2.75, 3.05) is 6.61 Å². The van der Waals surface area contributed by atoms with E-state index in [-0.39, 0.29) is 5.41 Å². The van der Waals surface area contributed by atoms with Crippen molar-refractivity contribution in [3.8, 4) is 0 Å². The van der Waals surface area contributed by atoms with E-state index < -0.39 is 78.0 Å². The molecule has 0 rings (SSSR count). The van der Waals surface area contributed by atoms with E-state index in [1.54, 1.807) is 13.8 Å². The Bertz CT molecular complexity index is 859. The molecular weight excluding hydrogens is 579 g/mol. The lowest BCUT2D eigenvalue weighted by Gasteiger charge is -2.40. The number of hydrogen-bond acceptors (Lipinski definition) is 2. The SMILES string of the molecule is CCC(C)(C)CC(C(=O)OCC(C)(C)CCC(F)(F)C(F)(F)C(F)(F)C(F)(F)C(F)(F)C(F)(F)F)C(C)(C)CC. The molecule has 0 aromatic carbocycles. The van der Waals surface area contributed by atoms with Gasteiger partial charge in [0, 0.05) is 6.42 Å². The second-order valence-corrected chi connectivity index (χ2v) is 12.4. The van der Waals surface area contributed by atoms with Gasteiger partial charge < -0.3 is 4.74 Å². The highest BCUT2D eigenvalue weighted by Crippen LogP contribution is 2.61. The Morgan fingerprint density at radius 2 is 1.02 bits per heavy atom. The van der Waals surface area contributed by atoms with Gasteiger partial charge in [-0.2, -0.15) is 57.1 Å². The summed E-state index contributed by atoms with van der Waals surface area (Å²) in [7, 11) is 0. The van der Waals surface area contributed by atoms with E-state index in [4.69, 9.17) is 4.74 Å². The molecule has 0 aromatic rings. The first-order valence-electron chi connectivity index (χ1n) is 12.4. The molecule has 0 saturated carbocycles. The zero-order valence-electron chi connectivity index (χ0n) is 23.6. The Balaban J connectivity index is 5.84. The number of halogens is 13. The standard InChI is InChI=1S/C25H37F13O2/c1-9-17(3,4)13-15(19(7,8)10-2)16(39)40-14-18(5,6)11-12-20(26,27)21(28,29)22(30,31)23(32,33)24(34,35)25(36,37)38/h15H,9-14H2,1-8H3. The molecule has 1 atom stereocenters. The quantitative estimate of drug-likeness (QED) is 0.135. The van der Waals surface area contributed by atoms with E-state index in [2.05, 4.69) is 0 Å². The van der Waals surface area contributed by atoms with Crippen LogP contribution in [-0.2, 0) is 9.53 Å². The third-order valence-corrected chi connectivity index (χ3v) is 7.57. The summed E-state index contributed by atoms with van der Waals surface area (Å²) in [6.45, 7) is 12.6. The van der Waals surface area contributed by atoms with E-state index in [1.807, 2.05) is 27.7 Å². The van der Waals surface area contributed by atoms with Crippen molar-refractivity contribution >= 4 is 5.97 Å². The van der Waals surface area contributed by atoms with Crippen LogP contribution in [0.15, 0.2) is 0 Å². The highest BCUT2D eigenvalue weighted by molar-refractivity contribution is 5.73. The molecule has 1 unspecified atom stereocenters. The number of esters is 1. The van der Waals surface area contributed by atoms with Crippen molar-refractivity contribution in [1.29, 1.82) is 0 Å². The lowest BCUT2D eigenvalue weighted by atomic mass is 9.68. The first-order valence-corrected chi connectivity index (χ1v) is 12.4. The smallest absolute Gasteiger partial charge is 0.460 e. The van der Waals surface area contributed by atoms with Crippen molar-refractivity contribution in [2.45, 2.75) is 123 Å². The molecule has 0 aliphatic carbocycles. The minimum Gasteiger partial charge on any atom is -0.465 e. The van der Waals surface area contributed by atoms with E-state index in [9.17, 15) is 61.9 Å². The fourth-order valence-corrected chi connectivity index (χ4v) is 3.52. The molecule has 0 fully saturated rings. The van der Waals surface area contributed by atoms with Crippen LogP contribution in [0.3, 0.4) is 0 Å². The maximum atomic E-state index is 14.2. The first kappa shape index (κ1) is 38.6. The van der Waals surface area contributed by atoms with Crippen LogP contribution in [0, 0.1) is 22.2 Å². The monoisotopic (exact) mass is 616 g/mol. The summed E-state index contributed by atoms with van der Waals surface area (Å²) in [5, 5.41) is 0. The van der Waals surface area contributed by atoms with Gasteiger partial charge in [0.15, 0.2) is 0 Å². The van der Waals surface area contributed by atoms with Crippen molar-refractivity contribution < 1.29 is 66.6 Å². The van der Waals surface area contributed by atoms with Gasteiger partial charge in [-0.3, -0.25) is 4.79 Å². The number of hydrogen-bond donors (Lipinski definition) is 0. The maximum absolute atomic E-state index is 14.2. The summed E-state index contributed by atoms with van der Waals surface area (Å²) in [5.41, 5.74) is -2.54. The molecule has 0 bridgehead atoms. The third-order valence-electron chi connectivity index (χ3n) is 7.57. The topological polar surface area (TPSA) is 26.3 Å². The van der Waals surface area contributed by atoms with E-state index in [1.165, 1.54) is 0 Å². The molecule has 0 radical (unpaired) electrons. The Morgan fingerprint density at radius 1 is 0.600 bits per heavy atom. The van der Waals surface area contributed by atoms with Crippen LogP contribution < -0.4 is 0 Å². The molecule has 0 amide bonds. The zero-order valence-corrected chi connectivity index (χ0v) is 23.6. The fourth-order valence-electron chi connectivity index (χ4n) is 3.52. The average Bonchev–Trinajstić information content (AvgIpc) is 2.78. The molecular formula is C25H37F13O2. The minimum atomic E-state index is -7.93. The predicted octanol–water partition coefficient (Wildman–Crippen LogP) is 9.95. The number of ether oxygens (including phenoxy) is 1. The first-order chi connectivity index (χ1) is 17.3. The highest BCUT2D eigenvalue weighted by Gasteiger charge is 2.90. The summed E-state index contributed by atoms with van der Waals surface area (Å²) in [6, 6.07) is 0. The summed E-state index contributed by atoms with van der Waals surface area (Å²) in [5.74, 6) is -38.4. The largest absolute Gasteiger partial charge is 0.465 e. The van der Waals surface area contributed by atoms with Gasteiger partial charge in [0.05, 0.1) is 12.5 Å². The molecule has 0 aliphatic heterocycles. The van der Waals surface area contributed by atoms with E-state index >= 15 is 0 Å². The molecule has 0 N–H and O–H groups in total. The number of alkyl halides is 13. The number of carbonyl (C=O) groups is 1. The fraction of sp³-hybridized carbons (Fsp3) is 0.960. The van der Waals surface area contributed by atoms with Crippen molar-refractivity contribution in [3.63, 3.8) is 0 Å². The number of carbonyl (C=O) groups excluding carboxylic acids is 1. The van der Waals surface area contributed by atoms with Gasteiger partial charge in [0.1, 0.15) is 0 Å². The van der Waals surface area contributed by atoms with Gasteiger partial charge in [0.25, 0.3) is 0 Å². The third kappa shape index (κ3) is 7.69. The van der Waals surface area contributed by atoms with Crippen LogP contribution in [0.1, 0.15) is 87.5 Å². The van der Waals surface area contributed by atoms with Gasteiger partial charge >= 0.3 is 41.8 Å². The Labute approximate surface area is 225 Å². The zero-order chi connectivity index (χ0) is 32.6. The Kier molecular flexibility index (Phi) is 11.3. The normalized spacial score (nSPS) is 16.2. The maximum Gasteiger partial charge on any atom is 0.460 e. The van der Waals surface area contributed by atoms with Crippen LogP contribution in [0.25, 0.3) is 0 Å². The summed E-state index contributed by atoms with van der Waals surface area (Å²) < 4.78 is 179. The molecule has 0 saturated heterocycles. The summed E-state index contributed by atoms with van der Waals surface area (Å²) >= 11 is 0. The summed E-state index contributed by atoms with van der Waals surface area (Å²) in [6.07, 6.45) is -9.40. The predicted molar refractivity (Wildman–Crippen MR) is 121 cm³/mol. The molecule has 40 heavy (non-hydrogen) atoms. The van der Waals surface area contributed by atoms with E-state index in [0.717, 1.165) is 13.8 Å². The molecule has 240 valence electrons. The van der Waals surface area contributed by atoms with Gasteiger partial charge in [-0.1, -0.05) is 68.2 Å². The lowest BCUT2D eigenvalue weighted by molar-refractivity contribution is -0.440. The van der Waals surface area contributed by atoms with Crippen molar-refractivity contribution in [1.82, 2.24) is 0 Å².